The van der Waals surface area contributed by atoms with Crippen molar-refractivity contribution >= 4 is 32.7 Å². The number of aryl methyl sites for hydroxylation is 1. The first-order valence-corrected chi connectivity index (χ1v) is 12.4. The number of hydrogen-bond acceptors (Lipinski definition) is 6. The fourth-order valence-electron chi connectivity index (χ4n) is 3.18. The maximum Gasteiger partial charge on any atom is 0.266 e. The number of nitrogens with two attached hydrogens (primary N) is 1. The molecule has 10 heteroatoms. The molecule has 0 aliphatic rings. The summed E-state index contributed by atoms with van der Waals surface area (Å²) < 4.78 is 44.0. The third-order valence-electron chi connectivity index (χ3n) is 4.89. The van der Waals surface area contributed by atoms with Crippen LogP contribution >= 0.6 is 11.8 Å². The number of benzene rings is 3. The number of para-hydroxylation sites is 1. The zero-order chi connectivity index (χ0) is 23.6. The van der Waals surface area contributed by atoms with E-state index in [1.807, 2.05) is 0 Å². The van der Waals surface area contributed by atoms with Crippen molar-refractivity contribution in [2.75, 3.05) is 12.4 Å². The first kappa shape index (κ1) is 23.0. The van der Waals surface area contributed by atoms with Crippen LogP contribution in [-0.4, -0.2) is 30.3 Å². The molecule has 0 aliphatic heterocycles. The van der Waals surface area contributed by atoms with Gasteiger partial charge in [0.2, 0.25) is 10.0 Å². The maximum absolute atomic E-state index is 14.2. The normalized spacial score (nSPS) is 11.6. The van der Waals surface area contributed by atoms with Crippen molar-refractivity contribution in [2.24, 2.45) is 5.14 Å². The number of rotatable bonds is 7. The summed E-state index contributed by atoms with van der Waals surface area (Å²) in [7, 11) is -3.77. The first-order chi connectivity index (χ1) is 15.7. The maximum atomic E-state index is 14.2. The van der Waals surface area contributed by atoms with Gasteiger partial charge in [-0.05, 0) is 61.0 Å². The highest BCUT2D eigenvalue weighted by Crippen LogP contribution is 2.23. The number of ether oxygens (including phenoxy) is 1. The van der Waals surface area contributed by atoms with Crippen LogP contribution in [-0.2, 0) is 10.0 Å². The predicted octanol–water partition coefficient (Wildman–Crippen LogP) is 3.65. The lowest BCUT2D eigenvalue weighted by molar-refractivity contribution is 0.343. The fourth-order valence-corrected chi connectivity index (χ4v) is 4.52. The van der Waals surface area contributed by atoms with Crippen LogP contribution in [0.2, 0.25) is 0 Å². The first-order valence-electron chi connectivity index (χ1n) is 9.91. The Balaban J connectivity index is 1.58. The molecule has 0 atom stereocenters. The van der Waals surface area contributed by atoms with Gasteiger partial charge >= 0.3 is 0 Å². The quantitative estimate of drug-likeness (QED) is 0.243. The van der Waals surface area contributed by atoms with E-state index < -0.39 is 15.8 Å². The zero-order valence-corrected chi connectivity index (χ0v) is 19.2. The van der Waals surface area contributed by atoms with E-state index in [0.717, 1.165) is 0 Å². The minimum Gasteiger partial charge on any atom is -0.493 e. The van der Waals surface area contributed by atoms with E-state index in [1.165, 1.54) is 46.7 Å². The standard InChI is InChI=1S/C23H20FN3O4S2/c1-15-6-7-16(14-20(15)24)27-22(28)19-4-2-3-5-21(19)26-23(27)32-13-12-31-17-8-10-18(11-9-17)33(25,29)30/h2-11,14H,12-13H2,1H3,(H2,25,29,30). The molecule has 0 spiro atoms. The van der Waals surface area contributed by atoms with E-state index in [2.05, 4.69) is 4.98 Å². The molecule has 33 heavy (non-hydrogen) atoms. The van der Waals surface area contributed by atoms with Crippen molar-refractivity contribution in [3.05, 3.63) is 88.5 Å². The number of sulfonamides is 1. The molecule has 0 amide bonds. The van der Waals surface area contributed by atoms with Crippen molar-refractivity contribution in [1.82, 2.24) is 9.55 Å². The highest BCUT2D eigenvalue weighted by molar-refractivity contribution is 7.99. The Morgan fingerprint density at radius 3 is 2.52 bits per heavy atom. The molecule has 0 saturated carbocycles. The van der Waals surface area contributed by atoms with E-state index in [1.54, 1.807) is 43.3 Å². The van der Waals surface area contributed by atoms with Crippen molar-refractivity contribution in [3.8, 4) is 11.4 Å². The average Bonchev–Trinajstić information content (AvgIpc) is 2.79. The number of hydrogen-bond donors (Lipinski definition) is 1. The molecule has 7 nitrogen and oxygen atoms in total. The monoisotopic (exact) mass is 485 g/mol. The third-order valence-corrected chi connectivity index (χ3v) is 6.73. The van der Waals surface area contributed by atoms with Gasteiger partial charge in [-0.2, -0.15) is 0 Å². The Bertz CT molecular complexity index is 1490. The molecule has 0 fully saturated rings. The molecule has 0 unspecified atom stereocenters. The Labute approximate surface area is 194 Å². The van der Waals surface area contributed by atoms with E-state index in [4.69, 9.17) is 9.88 Å². The van der Waals surface area contributed by atoms with Gasteiger partial charge in [0, 0.05) is 5.75 Å². The zero-order valence-electron chi connectivity index (χ0n) is 17.6. The summed E-state index contributed by atoms with van der Waals surface area (Å²) >= 11 is 1.30. The molecule has 1 aromatic heterocycles. The van der Waals surface area contributed by atoms with E-state index in [-0.39, 0.29) is 17.1 Å². The number of fused-ring (bicyclic) bond motifs is 1. The van der Waals surface area contributed by atoms with Crippen LogP contribution < -0.4 is 15.4 Å². The van der Waals surface area contributed by atoms with Gasteiger partial charge in [0.05, 0.1) is 28.1 Å². The number of primary sulfonamides is 1. The molecular formula is C23H20FN3O4S2. The molecule has 2 N–H and O–H groups in total. The van der Waals surface area contributed by atoms with E-state index in [9.17, 15) is 17.6 Å². The summed E-state index contributed by atoms with van der Waals surface area (Å²) in [4.78, 5) is 17.8. The van der Waals surface area contributed by atoms with Gasteiger partial charge in [0.1, 0.15) is 11.6 Å². The van der Waals surface area contributed by atoms with Crippen molar-refractivity contribution in [3.63, 3.8) is 0 Å². The average molecular weight is 486 g/mol. The second-order valence-electron chi connectivity index (χ2n) is 7.20. The minimum absolute atomic E-state index is 0.000985. The van der Waals surface area contributed by atoms with Crippen LogP contribution in [0.15, 0.2) is 81.6 Å². The highest BCUT2D eigenvalue weighted by atomic mass is 32.2. The van der Waals surface area contributed by atoms with Crippen molar-refractivity contribution in [1.29, 1.82) is 0 Å². The van der Waals surface area contributed by atoms with Crippen LogP contribution in [0.1, 0.15) is 5.56 Å². The second-order valence-corrected chi connectivity index (χ2v) is 9.82. The van der Waals surface area contributed by atoms with Crippen LogP contribution in [0, 0.1) is 12.7 Å². The predicted molar refractivity (Wildman–Crippen MR) is 126 cm³/mol. The lowest BCUT2D eigenvalue weighted by atomic mass is 10.2. The van der Waals surface area contributed by atoms with Gasteiger partial charge in [0.15, 0.2) is 5.16 Å². The van der Waals surface area contributed by atoms with Gasteiger partial charge in [-0.1, -0.05) is 30.0 Å². The Morgan fingerprint density at radius 2 is 1.82 bits per heavy atom. The van der Waals surface area contributed by atoms with Crippen molar-refractivity contribution in [2.45, 2.75) is 17.0 Å². The van der Waals surface area contributed by atoms with Crippen molar-refractivity contribution < 1.29 is 17.5 Å². The molecule has 1 heterocycles. The lowest BCUT2D eigenvalue weighted by Gasteiger charge is -2.14. The summed E-state index contributed by atoms with van der Waals surface area (Å²) in [5.74, 6) is 0.512. The minimum atomic E-state index is -3.77. The number of thioether (sulfide) groups is 1. The molecular weight excluding hydrogens is 465 g/mol. The van der Waals surface area contributed by atoms with Crippen LogP contribution in [0.5, 0.6) is 5.75 Å². The van der Waals surface area contributed by atoms with Gasteiger partial charge in [0.25, 0.3) is 5.56 Å². The Kier molecular flexibility index (Phi) is 6.50. The molecule has 0 aliphatic carbocycles. The molecule has 0 radical (unpaired) electrons. The Hall–Kier alpha value is -3.21. The number of aromatic nitrogens is 2. The number of nitrogens with zero attached hydrogens (tertiary/aromatic N) is 2. The molecule has 4 rings (SSSR count). The summed E-state index contributed by atoms with van der Waals surface area (Å²) in [6, 6.07) is 17.4. The largest absolute Gasteiger partial charge is 0.493 e. The van der Waals surface area contributed by atoms with Gasteiger partial charge < -0.3 is 4.74 Å². The third kappa shape index (κ3) is 5.08. The molecule has 3 aromatic carbocycles. The van der Waals surface area contributed by atoms with Crippen LogP contribution in [0.4, 0.5) is 4.39 Å². The second kappa shape index (κ2) is 9.34. The summed E-state index contributed by atoms with van der Waals surface area (Å²) in [6.45, 7) is 1.92. The van der Waals surface area contributed by atoms with Gasteiger partial charge in [-0.25, -0.2) is 22.9 Å². The summed E-state index contributed by atoms with van der Waals surface area (Å²) in [5.41, 5.74) is 1.14. The fraction of sp³-hybridized carbons (Fsp3) is 0.130. The summed E-state index contributed by atoms with van der Waals surface area (Å²) in [5, 5.41) is 5.95. The topological polar surface area (TPSA) is 104 Å². The van der Waals surface area contributed by atoms with Crippen LogP contribution in [0.3, 0.4) is 0 Å². The molecule has 170 valence electrons. The van der Waals surface area contributed by atoms with E-state index >= 15 is 0 Å². The molecule has 4 aromatic rings. The van der Waals surface area contributed by atoms with Crippen LogP contribution in [0.25, 0.3) is 16.6 Å². The van der Waals surface area contributed by atoms with E-state index in [0.29, 0.717) is 38.8 Å². The molecule has 0 bridgehead atoms. The summed E-state index contributed by atoms with van der Waals surface area (Å²) in [6.07, 6.45) is 0. The smallest absolute Gasteiger partial charge is 0.266 e. The molecule has 0 saturated heterocycles. The lowest BCUT2D eigenvalue weighted by Crippen LogP contribution is -2.22. The Morgan fingerprint density at radius 1 is 1.09 bits per heavy atom. The highest BCUT2D eigenvalue weighted by Gasteiger charge is 2.14. The van der Waals surface area contributed by atoms with Gasteiger partial charge in [-0.3, -0.25) is 9.36 Å². The number of halogens is 1. The SMILES string of the molecule is Cc1ccc(-n2c(SCCOc3ccc(S(N)(=O)=O)cc3)nc3ccccc3c2=O)cc1F. The van der Waals surface area contributed by atoms with Gasteiger partial charge in [-0.15, -0.1) is 0 Å².